The molecule has 1 aliphatic carbocycles. The van der Waals surface area contributed by atoms with E-state index < -0.39 is 0 Å². The lowest BCUT2D eigenvalue weighted by Gasteiger charge is -2.25. The Bertz CT molecular complexity index is 566. The average molecular weight is 447 g/mol. The lowest BCUT2D eigenvalue weighted by atomic mass is 9.96. The lowest BCUT2D eigenvalue weighted by molar-refractivity contribution is 0.0243. The van der Waals surface area contributed by atoms with Crippen LogP contribution in [0.25, 0.3) is 0 Å². The molecule has 0 spiro atoms. The van der Waals surface area contributed by atoms with Crippen LogP contribution in [0.1, 0.15) is 38.2 Å². The molecule has 0 bridgehead atoms. The van der Waals surface area contributed by atoms with Gasteiger partial charge >= 0.3 is 0 Å². The van der Waals surface area contributed by atoms with Gasteiger partial charge in [0.1, 0.15) is 5.82 Å². The molecule has 0 amide bonds. The highest BCUT2D eigenvalue weighted by Gasteiger charge is 2.44. The van der Waals surface area contributed by atoms with Gasteiger partial charge in [-0.2, -0.15) is 0 Å². The first-order valence-corrected chi connectivity index (χ1v) is 8.40. The SMILES string of the molecule is CN=C(NCC1(C)CCCO1)NCC1(c2ccc(F)cc2)CC1.I. The molecule has 0 radical (unpaired) electrons. The zero-order chi connectivity index (χ0) is 16.3. The summed E-state index contributed by atoms with van der Waals surface area (Å²) in [6, 6.07) is 6.88. The normalized spacial score (nSPS) is 25.0. The Morgan fingerprint density at radius 2 is 1.83 bits per heavy atom. The van der Waals surface area contributed by atoms with Crippen molar-refractivity contribution in [2.45, 2.75) is 43.6 Å². The minimum atomic E-state index is -0.181. The summed E-state index contributed by atoms with van der Waals surface area (Å²) >= 11 is 0. The van der Waals surface area contributed by atoms with E-state index in [1.54, 1.807) is 19.2 Å². The van der Waals surface area contributed by atoms with E-state index in [4.69, 9.17) is 4.74 Å². The Kier molecular flexibility index (Phi) is 6.47. The van der Waals surface area contributed by atoms with Crippen molar-refractivity contribution < 1.29 is 9.13 Å². The Hall–Kier alpha value is -0.890. The second kappa shape index (κ2) is 7.99. The third-order valence-corrected chi connectivity index (χ3v) is 5.06. The summed E-state index contributed by atoms with van der Waals surface area (Å²) in [7, 11) is 1.78. The number of halogens is 2. The molecule has 24 heavy (non-hydrogen) atoms. The maximum absolute atomic E-state index is 13.1. The van der Waals surface area contributed by atoms with Crippen molar-refractivity contribution in [3.05, 3.63) is 35.6 Å². The van der Waals surface area contributed by atoms with Crippen molar-refractivity contribution in [1.29, 1.82) is 0 Å². The van der Waals surface area contributed by atoms with Gasteiger partial charge in [0.15, 0.2) is 5.96 Å². The van der Waals surface area contributed by atoms with Gasteiger partial charge in [-0.25, -0.2) is 4.39 Å². The Morgan fingerprint density at radius 3 is 2.38 bits per heavy atom. The smallest absolute Gasteiger partial charge is 0.191 e. The molecule has 1 atom stereocenters. The predicted octanol–water partition coefficient (Wildman–Crippen LogP) is 3.21. The van der Waals surface area contributed by atoms with Gasteiger partial charge < -0.3 is 15.4 Å². The summed E-state index contributed by atoms with van der Waals surface area (Å²) in [6.07, 6.45) is 4.46. The van der Waals surface area contributed by atoms with E-state index in [0.29, 0.717) is 0 Å². The van der Waals surface area contributed by atoms with E-state index in [1.807, 2.05) is 12.1 Å². The number of guanidine groups is 1. The molecule has 1 heterocycles. The van der Waals surface area contributed by atoms with Crippen LogP contribution in [0, 0.1) is 5.82 Å². The van der Waals surface area contributed by atoms with Crippen molar-refractivity contribution in [1.82, 2.24) is 10.6 Å². The fourth-order valence-electron chi connectivity index (χ4n) is 3.24. The molecule has 6 heteroatoms. The second-order valence-corrected chi connectivity index (χ2v) is 6.97. The molecule has 0 aromatic heterocycles. The van der Waals surface area contributed by atoms with Crippen molar-refractivity contribution in [3.63, 3.8) is 0 Å². The minimum Gasteiger partial charge on any atom is -0.373 e. The van der Waals surface area contributed by atoms with Gasteiger partial charge in [0.05, 0.1) is 5.60 Å². The molecular weight excluding hydrogens is 420 g/mol. The zero-order valence-electron chi connectivity index (χ0n) is 14.4. The third-order valence-electron chi connectivity index (χ3n) is 5.06. The van der Waals surface area contributed by atoms with Crippen LogP contribution in [-0.2, 0) is 10.2 Å². The van der Waals surface area contributed by atoms with Crippen LogP contribution < -0.4 is 10.6 Å². The van der Waals surface area contributed by atoms with Crippen LogP contribution in [0.5, 0.6) is 0 Å². The summed E-state index contributed by atoms with van der Waals surface area (Å²) < 4.78 is 18.9. The first-order valence-electron chi connectivity index (χ1n) is 8.40. The van der Waals surface area contributed by atoms with Crippen molar-refractivity contribution in [2.75, 3.05) is 26.7 Å². The number of benzene rings is 1. The van der Waals surface area contributed by atoms with Gasteiger partial charge in [-0.3, -0.25) is 4.99 Å². The Balaban J connectivity index is 0.00000208. The highest BCUT2D eigenvalue weighted by atomic mass is 127. The topological polar surface area (TPSA) is 45.7 Å². The van der Waals surface area contributed by atoms with Crippen LogP contribution in [0.4, 0.5) is 4.39 Å². The van der Waals surface area contributed by atoms with Crippen LogP contribution in [0.2, 0.25) is 0 Å². The molecule has 2 aliphatic rings. The van der Waals surface area contributed by atoms with Crippen LogP contribution in [0.3, 0.4) is 0 Å². The van der Waals surface area contributed by atoms with Gasteiger partial charge in [0.2, 0.25) is 0 Å². The predicted molar refractivity (Wildman–Crippen MR) is 106 cm³/mol. The number of aliphatic imine (C=N–C) groups is 1. The number of nitrogens with one attached hydrogen (secondary N) is 2. The number of hydrogen-bond donors (Lipinski definition) is 2. The average Bonchev–Trinajstić information content (AvgIpc) is 3.22. The number of ether oxygens (including phenoxy) is 1. The highest BCUT2D eigenvalue weighted by molar-refractivity contribution is 14.0. The summed E-state index contributed by atoms with van der Waals surface area (Å²) in [6.45, 7) is 4.56. The first-order chi connectivity index (χ1) is 11.1. The quantitative estimate of drug-likeness (QED) is 0.414. The van der Waals surface area contributed by atoms with E-state index in [9.17, 15) is 4.39 Å². The van der Waals surface area contributed by atoms with Crippen LogP contribution in [0.15, 0.2) is 29.3 Å². The van der Waals surface area contributed by atoms with Crippen molar-refractivity contribution >= 4 is 29.9 Å². The Morgan fingerprint density at radius 1 is 1.17 bits per heavy atom. The largest absolute Gasteiger partial charge is 0.373 e. The number of rotatable bonds is 5. The molecule has 1 saturated heterocycles. The molecule has 1 aliphatic heterocycles. The van der Waals surface area contributed by atoms with Gasteiger partial charge in [-0.05, 0) is 50.3 Å². The third kappa shape index (κ3) is 4.59. The van der Waals surface area contributed by atoms with E-state index in [2.05, 4.69) is 22.5 Å². The molecule has 2 N–H and O–H groups in total. The highest BCUT2D eigenvalue weighted by Crippen LogP contribution is 2.47. The maximum Gasteiger partial charge on any atom is 0.191 e. The van der Waals surface area contributed by atoms with Crippen LogP contribution in [-0.4, -0.2) is 38.3 Å². The fraction of sp³-hybridized carbons (Fsp3) is 0.611. The van der Waals surface area contributed by atoms with Gasteiger partial charge in [0.25, 0.3) is 0 Å². The summed E-state index contributed by atoms with van der Waals surface area (Å²) in [5.41, 5.74) is 1.23. The van der Waals surface area contributed by atoms with Crippen molar-refractivity contribution in [3.8, 4) is 0 Å². The monoisotopic (exact) mass is 447 g/mol. The molecule has 134 valence electrons. The van der Waals surface area contributed by atoms with Gasteiger partial charge in [-0.1, -0.05) is 12.1 Å². The molecule has 1 saturated carbocycles. The van der Waals surface area contributed by atoms with Gasteiger partial charge in [-0.15, -0.1) is 24.0 Å². The number of hydrogen-bond acceptors (Lipinski definition) is 2. The molecule has 1 aromatic carbocycles. The van der Waals surface area contributed by atoms with Crippen LogP contribution >= 0.6 is 24.0 Å². The molecule has 3 rings (SSSR count). The van der Waals surface area contributed by atoms with E-state index in [1.165, 1.54) is 5.56 Å². The molecule has 1 aromatic rings. The summed E-state index contributed by atoms with van der Waals surface area (Å²) in [5, 5.41) is 6.78. The van der Waals surface area contributed by atoms with E-state index >= 15 is 0 Å². The molecule has 2 fully saturated rings. The second-order valence-electron chi connectivity index (χ2n) is 6.97. The Labute approximate surface area is 160 Å². The lowest BCUT2D eigenvalue weighted by Crippen LogP contribution is -2.47. The van der Waals surface area contributed by atoms with Crippen molar-refractivity contribution in [2.24, 2.45) is 4.99 Å². The van der Waals surface area contributed by atoms with E-state index in [0.717, 1.165) is 51.3 Å². The number of nitrogens with zero attached hydrogens (tertiary/aromatic N) is 1. The fourth-order valence-corrected chi connectivity index (χ4v) is 3.24. The molecular formula is C18H27FIN3O. The minimum absolute atomic E-state index is 0. The standard InChI is InChI=1S/C18H26FN3O.HI/c1-17(8-3-11-23-17)12-21-16(20-2)22-13-18(9-10-18)14-4-6-15(19)7-5-14;/h4-7H,3,8-13H2,1-2H3,(H2,20,21,22);1H. The maximum atomic E-state index is 13.1. The first kappa shape index (κ1) is 19.4. The van der Waals surface area contributed by atoms with Gasteiger partial charge in [0, 0.05) is 32.2 Å². The summed E-state index contributed by atoms with van der Waals surface area (Å²) in [5.74, 6) is 0.620. The molecule has 1 unspecified atom stereocenters. The van der Waals surface area contributed by atoms with E-state index in [-0.39, 0.29) is 40.8 Å². The summed E-state index contributed by atoms with van der Waals surface area (Å²) in [4.78, 5) is 4.30. The molecule has 4 nitrogen and oxygen atoms in total. The zero-order valence-corrected chi connectivity index (χ0v) is 16.7.